The van der Waals surface area contributed by atoms with Crippen LogP contribution >= 0.6 is 11.6 Å². The summed E-state index contributed by atoms with van der Waals surface area (Å²) in [4.78, 5) is 28.3. The lowest BCUT2D eigenvalue weighted by Crippen LogP contribution is -2.53. The number of anilines is 1. The predicted octanol–water partition coefficient (Wildman–Crippen LogP) is 6.39. The molecule has 0 heterocycles. The topological polar surface area (TPSA) is 86.8 Å². The molecule has 2 amide bonds. The van der Waals surface area contributed by atoms with Crippen LogP contribution in [-0.2, 0) is 38.8 Å². The molecular weight excluding hydrogens is 646 g/mol. The molecule has 0 aliphatic heterocycles. The minimum Gasteiger partial charge on any atom is -0.357 e. The fraction of sp³-hybridized carbons (Fsp3) is 0.212. The molecule has 0 aromatic heterocycles. The number of nitrogens with one attached hydrogen (secondary N) is 1. The Balaban J connectivity index is 1.86. The van der Waals surface area contributed by atoms with Crippen LogP contribution in [0.2, 0.25) is 5.02 Å². The van der Waals surface area contributed by atoms with Gasteiger partial charge in [0.2, 0.25) is 11.8 Å². The molecule has 0 radical (unpaired) electrons. The number of amides is 2. The first kappa shape index (κ1) is 34.5. The van der Waals surface area contributed by atoms with Gasteiger partial charge in [-0.1, -0.05) is 77.8 Å². The number of likely N-dealkylation sites (N-methyl/N-ethyl adjacent to an activating group) is 1. The van der Waals surface area contributed by atoms with E-state index in [0.717, 1.165) is 22.6 Å². The summed E-state index contributed by atoms with van der Waals surface area (Å²) in [7, 11) is -3.31. The van der Waals surface area contributed by atoms with Gasteiger partial charge in [-0.25, -0.2) is 12.8 Å². The van der Waals surface area contributed by atoms with Crippen LogP contribution in [0.5, 0.6) is 0 Å². The SMILES string of the molecule is CNC(=O)C(Cc1ccccc1)N(Cc1ccccc1F)C(=O)CN(c1ccc(Cl)c(C(F)(F)F)c1)S(=O)(=O)c1ccc(C)cc1. The van der Waals surface area contributed by atoms with Gasteiger partial charge in [-0.05, 0) is 48.9 Å². The summed E-state index contributed by atoms with van der Waals surface area (Å²) in [6.45, 7) is 0.258. The molecule has 0 fully saturated rings. The summed E-state index contributed by atoms with van der Waals surface area (Å²) in [6, 6.07) is 21.0. The number of carbonyl (C=O) groups excluding carboxylic acids is 2. The van der Waals surface area contributed by atoms with Gasteiger partial charge in [0, 0.05) is 25.6 Å². The number of benzene rings is 4. The third-order valence-corrected chi connectivity index (χ3v) is 9.36. The van der Waals surface area contributed by atoms with E-state index in [9.17, 15) is 35.6 Å². The van der Waals surface area contributed by atoms with Crippen molar-refractivity contribution in [2.24, 2.45) is 0 Å². The van der Waals surface area contributed by atoms with E-state index in [0.29, 0.717) is 15.9 Å². The second-order valence-corrected chi connectivity index (χ2v) is 12.7. The first-order valence-electron chi connectivity index (χ1n) is 14.0. The summed E-state index contributed by atoms with van der Waals surface area (Å²) in [6.07, 6.45) is -4.96. The molecule has 0 saturated carbocycles. The normalized spacial score (nSPS) is 12.3. The molecule has 0 saturated heterocycles. The van der Waals surface area contributed by atoms with Crippen molar-refractivity contribution in [3.8, 4) is 0 Å². The van der Waals surface area contributed by atoms with Crippen molar-refractivity contribution in [1.82, 2.24) is 10.2 Å². The van der Waals surface area contributed by atoms with E-state index in [1.807, 2.05) is 0 Å². The molecule has 7 nitrogen and oxygen atoms in total. The van der Waals surface area contributed by atoms with Gasteiger partial charge in [0.15, 0.2) is 0 Å². The second-order valence-electron chi connectivity index (χ2n) is 10.4. The van der Waals surface area contributed by atoms with Crippen molar-refractivity contribution in [2.45, 2.75) is 37.0 Å². The standard InChI is InChI=1S/C33H30ClF4N3O4S/c1-22-12-15-26(16-13-22)46(44,45)41(25-14-17-28(34)27(19-25)33(36,37)38)21-31(42)40(20-24-10-6-7-11-29(24)35)30(32(43)39-2)18-23-8-4-3-5-9-23/h3-17,19,30H,18,20-21H2,1-2H3,(H,39,43). The van der Waals surface area contributed by atoms with Gasteiger partial charge in [-0.3, -0.25) is 13.9 Å². The molecule has 13 heteroatoms. The maximum atomic E-state index is 14.9. The smallest absolute Gasteiger partial charge is 0.357 e. The molecule has 4 aromatic rings. The summed E-state index contributed by atoms with van der Waals surface area (Å²) in [5.74, 6) is -2.26. The lowest BCUT2D eigenvalue weighted by Gasteiger charge is -2.33. The molecule has 1 N–H and O–H groups in total. The fourth-order valence-electron chi connectivity index (χ4n) is 4.78. The quantitative estimate of drug-likeness (QED) is 0.187. The van der Waals surface area contributed by atoms with Gasteiger partial charge in [0.25, 0.3) is 10.0 Å². The fourth-order valence-corrected chi connectivity index (χ4v) is 6.41. The highest BCUT2D eigenvalue weighted by Crippen LogP contribution is 2.38. The summed E-state index contributed by atoms with van der Waals surface area (Å²) < 4.78 is 85.0. The Kier molecular flexibility index (Phi) is 10.7. The molecule has 0 aliphatic carbocycles. The molecule has 0 aliphatic rings. The van der Waals surface area contributed by atoms with Crippen LogP contribution in [0.15, 0.2) is 102 Å². The van der Waals surface area contributed by atoms with Crippen molar-refractivity contribution in [3.63, 3.8) is 0 Å². The summed E-state index contributed by atoms with van der Waals surface area (Å²) in [5.41, 5.74) is -0.386. The molecule has 46 heavy (non-hydrogen) atoms. The number of rotatable bonds is 11. The zero-order valence-electron chi connectivity index (χ0n) is 24.8. The number of hydrogen-bond acceptors (Lipinski definition) is 4. The van der Waals surface area contributed by atoms with E-state index in [1.165, 1.54) is 55.6 Å². The number of carbonyl (C=O) groups is 2. The number of hydrogen-bond donors (Lipinski definition) is 1. The Bertz CT molecular complexity index is 1800. The molecule has 242 valence electrons. The van der Waals surface area contributed by atoms with Crippen LogP contribution in [-0.4, -0.2) is 44.8 Å². The van der Waals surface area contributed by atoms with Gasteiger partial charge in [-0.15, -0.1) is 0 Å². The van der Waals surface area contributed by atoms with E-state index >= 15 is 0 Å². The van der Waals surface area contributed by atoms with Crippen LogP contribution in [0, 0.1) is 12.7 Å². The zero-order valence-corrected chi connectivity index (χ0v) is 26.3. The van der Waals surface area contributed by atoms with Gasteiger partial charge >= 0.3 is 6.18 Å². The van der Waals surface area contributed by atoms with Crippen molar-refractivity contribution in [3.05, 3.63) is 130 Å². The minimum absolute atomic E-state index is 0.0232. The second kappa shape index (κ2) is 14.3. The van der Waals surface area contributed by atoms with Crippen LogP contribution in [0.3, 0.4) is 0 Å². The molecular formula is C33H30ClF4N3O4S. The third kappa shape index (κ3) is 8.04. The van der Waals surface area contributed by atoms with Crippen LogP contribution in [0.1, 0.15) is 22.3 Å². The van der Waals surface area contributed by atoms with Crippen LogP contribution in [0.4, 0.5) is 23.2 Å². The van der Waals surface area contributed by atoms with Gasteiger partial charge < -0.3 is 10.2 Å². The van der Waals surface area contributed by atoms with E-state index in [4.69, 9.17) is 11.6 Å². The summed E-state index contributed by atoms with van der Waals surface area (Å²) in [5, 5.41) is 1.83. The maximum absolute atomic E-state index is 14.9. The Labute approximate surface area is 269 Å². The van der Waals surface area contributed by atoms with Crippen molar-refractivity contribution in [2.75, 3.05) is 17.9 Å². The van der Waals surface area contributed by atoms with E-state index in [1.54, 1.807) is 37.3 Å². The first-order valence-corrected chi connectivity index (χ1v) is 15.8. The monoisotopic (exact) mass is 675 g/mol. The Hall–Kier alpha value is -4.42. The zero-order chi connectivity index (χ0) is 33.6. The molecule has 1 unspecified atom stereocenters. The first-order chi connectivity index (χ1) is 21.7. The van der Waals surface area contributed by atoms with Crippen LogP contribution < -0.4 is 9.62 Å². The molecule has 4 rings (SSSR count). The molecule has 0 bridgehead atoms. The van der Waals surface area contributed by atoms with Crippen molar-refractivity contribution < 1.29 is 35.6 Å². The number of sulfonamides is 1. The van der Waals surface area contributed by atoms with E-state index in [2.05, 4.69) is 5.32 Å². The van der Waals surface area contributed by atoms with E-state index in [-0.39, 0.29) is 16.9 Å². The number of halogens is 5. The van der Waals surface area contributed by atoms with Crippen molar-refractivity contribution in [1.29, 1.82) is 0 Å². The average Bonchev–Trinajstić information content (AvgIpc) is 3.02. The lowest BCUT2D eigenvalue weighted by molar-refractivity contribution is -0.139. The highest BCUT2D eigenvalue weighted by molar-refractivity contribution is 7.92. The lowest BCUT2D eigenvalue weighted by atomic mass is 10.0. The van der Waals surface area contributed by atoms with Crippen molar-refractivity contribution >= 4 is 39.1 Å². The number of aryl methyl sites for hydroxylation is 1. The van der Waals surface area contributed by atoms with Gasteiger partial charge in [0.1, 0.15) is 18.4 Å². The highest BCUT2D eigenvalue weighted by Gasteiger charge is 2.37. The third-order valence-electron chi connectivity index (χ3n) is 7.25. The van der Waals surface area contributed by atoms with Crippen LogP contribution in [0.25, 0.3) is 0 Å². The predicted molar refractivity (Wildman–Crippen MR) is 167 cm³/mol. The highest BCUT2D eigenvalue weighted by atomic mass is 35.5. The Morgan fingerprint density at radius 3 is 2.15 bits per heavy atom. The summed E-state index contributed by atoms with van der Waals surface area (Å²) >= 11 is 5.82. The molecule has 4 aromatic carbocycles. The average molecular weight is 676 g/mol. The molecule has 1 atom stereocenters. The van der Waals surface area contributed by atoms with Gasteiger partial charge in [-0.2, -0.15) is 13.2 Å². The number of alkyl halides is 3. The number of nitrogens with zero attached hydrogens (tertiary/aromatic N) is 2. The largest absolute Gasteiger partial charge is 0.417 e. The minimum atomic E-state index is -4.94. The Morgan fingerprint density at radius 1 is 0.913 bits per heavy atom. The van der Waals surface area contributed by atoms with Gasteiger partial charge in [0.05, 0.1) is 21.2 Å². The Morgan fingerprint density at radius 2 is 1.54 bits per heavy atom. The molecule has 0 spiro atoms. The maximum Gasteiger partial charge on any atom is 0.417 e. The van der Waals surface area contributed by atoms with E-state index < -0.39 is 69.2 Å².